The van der Waals surface area contributed by atoms with E-state index < -0.39 is 11.9 Å². The Hall–Kier alpha value is -1.39. The molecule has 0 heterocycles. The summed E-state index contributed by atoms with van der Waals surface area (Å²) in [5.74, 6) is -1.05. The molecule has 0 unspecified atom stereocenters. The minimum absolute atomic E-state index is 0.0827. The predicted octanol–water partition coefficient (Wildman–Crippen LogP) is 1.35. The number of hydrogen-bond acceptors (Lipinski definition) is 5. The molecule has 0 aliphatic carbocycles. The summed E-state index contributed by atoms with van der Waals surface area (Å²) in [6.45, 7) is 6.95. The van der Waals surface area contributed by atoms with Crippen LogP contribution >= 0.6 is 0 Å². The molecule has 5 nitrogen and oxygen atoms in total. The first-order valence-electron chi connectivity index (χ1n) is 5.23. The van der Waals surface area contributed by atoms with E-state index in [1.807, 2.05) is 0 Å². The average molecular weight is 229 g/mol. The summed E-state index contributed by atoms with van der Waals surface area (Å²) in [5, 5.41) is 0. The number of ether oxygens (including phenoxy) is 2. The van der Waals surface area contributed by atoms with Crippen LogP contribution in [0.1, 0.15) is 34.1 Å². The monoisotopic (exact) mass is 229 g/mol. The van der Waals surface area contributed by atoms with Crippen molar-refractivity contribution in [3.8, 4) is 0 Å². The summed E-state index contributed by atoms with van der Waals surface area (Å²) >= 11 is 0. The van der Waals surface area contributed by atoms with E-state index in [4.69, 9.17) is 9.47 Å². The van der Waals surface area contributed by atoms with Gasteiger partial charge in [0, 0.05) is 7.05 Å². The molecule has 0 atom stereocenters. The second kappa shape index (κ2) is 6.98. The quantitative estimate of drug-likeness (QED) is 0.527. The number of aliphatic imine (C=N–C) groups is 1. The standard InChI is InChI=1S/C11H19NO4/c1-7(2)15-10(13)6-9(12-5)11(14)16-8(3)4/h7-8H,6H2,1-5H3. The molecule has 0 aromatic carbocycles. The van der Waals surface area contributed by atoms with Gasteiger partial charge in [-0.25, -0.2) is 4.79 Å². The lowest BCUT2D eigenvalue weighted by Gasteiger charge is -2.10. The van der Waals surface area contributed by atoms with E-state index >= 15 is 0 Å². The molecule has 16 heavy (non-hydrogen) atoms. The molecule has 5 heteroatoms. The molecule has 0 fully saturated rings. The first-order chi connectivity index (χ1) is 7.36. The number of esters is 2. The Morgan fingerprint density at radius 2 is 1.56 bits per heavy atom. The summed E-state index contributed by atoms with van der Waals surface area (Å²) in [7, 11) is 1.44. The van der Waals surface area contributed by atoms with Crippen molar-refractivity contribution in [3.63, 3.8) is 0 Å². The highest BCUT2D eigenvalue weighted by atomic mass is 16.5. The van der Waals surface area contributed by atoms with Crippen molar-refractivity contribution in [2.24, 2.45) is 4.99 Å². The average Bonchev–Trinajstić information content (AvgIpc) is 2.11. The highest BCUT2D eigenvalue weighted by Crippen LogP contribution is 1.99. The van der Waals surface area contributed by atoms with E-state index in [-0.39, 0.29) is 24.3 Å². The summed E-state index contributed by atoms with van der Waals surface area (Å²) in [6, 6.07) is 0. The van der Waals surface area contributed by atoms with Gasteiger partial charge in [-0.1, -0.05) is 0 Å². The fourth-order valence-corrected chi connectivity index (χ4v) is 0.966. The van der Waals surface area contributed by atoms with Crippen molar-refractivity contribution >= 4 is 17.7 Å². The van der Waals surface area contributed by atoms with Crippen molar-refractivity contribution in [2.45, 2.75) is 46.3 Å². The van der Waals surface area contributed by atoms with E-state index in [1.54, 1.807) is 27.7 Å². The van der Waals surface area contributed by atoms with Crippen LogP contribution in [-0.2, 0) is 19.1 Å². The zero-order valence-corrected chi connectivity index (χ0v) is 10.4. The Morgan fingerprint density at radius 1 is 1.06 bits per heavy atom. The van der Waals surface area contributed by atoms with Gasteiger partial charge in [0.05, 0.1) is 18.6 Å². The second-order valence-corrected chi connectivity index (χ2v) is 3.84. The maximum Gasteiger partial charge on any atom is 0.353 e. The van der Waals surface area contributed by atoms with Crippen molar-refractivity contribution in [1.82, 2.24) is 0 Å². The third-order valence-corrected chi connectivity index (χ3v) is 1.53. The minimum atomic E-state index is -0.571. The number of rotatable bonds is 5. The molecule has 0 aliphatic heterocycles. The van der Waals surface area contributed by atoms with Crippen LogP contribution in [0.5, 0.6) is 0 Å². The van der Waals surface area contributed by atoms with E-state index in [9.17, 15) is 9.59 Å². The van der Waals surface area contributed by atoms with Crippen molar-refractivity contribution in [3.05, 3.63) is 0 Å². The number of hydrogen-bond donors (Lipinski definition) is 0. The van der Waals surface area contributed by atoms with Gasteiger partial charge in [0.1, 0.15) is 5.71 Å². The fraction of sp³-hybridized carbons (Fsp3) is 0.727. The first-order valence-corrected chi connectivity index (χ1v) is 5.23. The summed E-state index contributed by atoms with van der Waals surface area (Å²) in [4.78, 5) is 26.5. The van der Waals surface area contributed by atoms with Crippen LogP contribution in [0.25, 0.3) is 0 Å². The molecule has 0 aliphatic rings. The Kier molecular flexibility index (Phi) is 6.37. The molecule has 0 radical (unpaired) electrons. The molecule has 0 aromatic rings. The molecule has 0 spiro atoms. The topological polar surface area (TPSA) is 65.0 Å². The van der Waals surface area contributed by atoms with Crippen LogP contribution in [0.3, 0.4) is 0 Å². The number of carbonyl (C=O) groups excluding carboxylic acids is 2. The maximum absolute atomic E-state index is 11.4. The molecule has 0 aromatic heterocycles. The van der Waals surface area contributed by atoms with Gasteiger partial charge >= 0.3 is 11.9 Å². The molecule has 0 amide bonds. The molecule has 0 N–H and O–H groups in total. The smallest absolute Gasteiger partial charge is 0.353 e. The lowest BCUT2D eigenvalue weighted by atomic mass is 10.2. The van der Waals surface area contributed by atoms with Gasteiger partial charge in [0.15, 0.2) is 0 Å². The predicted molar refractivity (Wildman–Crippen MR) is 60.4 cm³/mol. The molecular formula is C11H19NO4. The van der Waals surface area contributed by atoms with Gasteiger partial charge < -0.3 is 9.47 Å². The van der Waals surface area contributed by atoms with Gasteiger partial charge in [-0.2, -0.15) is 0 Å². The SMILES string of the molecule is CN=C(CC(=O)OC(C)C)C(=O)OC(C)C. The lowest BCUT2D eigenvalue weighted by molar-refractivity contribution is -0.147. The highest BCUT2D eigenvalue weighted by molar-refractivity contribution is 6.39. The normalized spacial score (nSPS) is 11.8. The van der Waals surface area contributed by atoms with Gasteiger partial charge in [0.25, 0.3) is 0 Å². The van der Waals surface area contributed by atoms with E-state index in [2.05, 4.69) is 4.99 Å². The van der Waals surface area contributed by atoms with Gasteiger partial charge in [-0.3, -0.25) is 9.79 Å². The Balaban J connectivity index is 4.32. The fourth-order valence-electron chi connectivity index (χ4n) is 0.966. The third-order valence-electron chi connectivity index (χ3n) is 1.53. The Morgan fingerprint density at radius 3 is 1.94 bits per heavy atom. The lowest BCUT2D eigenvalue weighted by Crippen LogP contribution is -2.25. The molecule has 92 valence electrons. The molecule has 0 rings (SSSR count). The number of nitrogens with zero attached hydrogens (tertiary/aromatic N) is 1. The molecular weight excluding hydrogens is 210 g/mol. The maximum atomic E-state index is 11.4. The van der Waals surface area contributed by atoms with Crippen LogP contribution in [0, 0.1) is 0 Å². The molecule has 0 saturated carbocycles. The van der Waals surface area contributed by atoms with Crippen LogP contribution in [-0.4, -0.2) is 36.9 Å². The minimum Gasteiger partial charge on any atom is -0.463 e. The van der Waals surface area contributed by atoms with Crippen molar-refractivity contribution in [1.29, 1.82) is 0 Å². The van der Waals surface area contributed by atoms with Crippen LogP contribution in [0.4, 0.5) is 0 Å². The van der Waals surface area contributed by atoms with Crippen LogP contribution in [0.2, 0.25) is 0 Å². The van der Waals surface area contributed by atoms with Crippen molar-refractivity contribution in [2.75, 3.05) is 7.05 Å². The van der Waals surface area contributed by atoms with Crippen LogP contribution in [0.15, 0.2) is 4.99 Å². The van der Waals surface area contributed by atoms with Gasteiger partial charge in [-0.05, 0) is 27.7 Å². The first kappa shape index (κ1) is 14.6. The molecule has 0 saturated heterocycles. The van der Waals surface area contributed by atoms with Crippen LogP contribution < -0.4 is 0 Å². The zero-order valence-electron chi connectivity index (χ0n) is 10.4. The highest BCUT2D eigenvalue weighted by Gasteiger charge is 2.19. The molecule has 0 bridgehead atoms. The summed E-state index contributed by atoms with van der Waals surface area (Å²) in [6.07, 6.45) is -0.586. The summed E-state index contributed by atoms with van der Waals surface area (Å²) in [5.41, 5.74) is 0.0827. The van der Waals surface area contributed by atoms with E-state index in [0.29, 0.717) is 0 Å². The van der Waals surface area contributed by atoms with E-state index in [0.717, 1.165) is 0 Å². The zero-order chi connectivity index (χ0) is 12.7. The third kappa shape index (κ3) is 6.16. The van der Waals surface area contributed by atoms with Gasteiger partial charge in [0.2, 0.25) is 0 Å². The largest absolute Gasteiger partial charge is 0.463 e. The Bertz CT molecular complexity index is 282. The second-order valence-electron chi connectivity index (χ2n) is 3.84. The van der Waals surface area contributed by atoms with Crippen molar-refractivity contribution < 1.29 is 19.1 Å². The van der Waals surface area contributed by atoms with E-state index in [1.165, 1.54) is 7.05 Å². The number of carbonyl (C=O) groups is 2. The van der Waals surface area contributed by atoms with Gasteiger partial charge in [-0.15, -0.1) is 0 Å². The Labute approximate surface area is 95.8 Å². The summed E-state index contributed by atoms with van der Waals surface area (Å²) < 4.78 is 9.84.